The van der Waals surface area contributed by atoms with E-state index >= 15 is 0 Å². The topological polar surface area (TPSA) is 104 Å². The second kappa shape index (κ2) is 13.4. The number of nitrogens with one attached hydrogen (secondary N) is 1. The normalized spacial score (nSPS) is 46.9. The average Bonchev–Trinajstić information content (AvgIpc) is 3.70. The molecule has 0 radical (unpaired) electrons. The van der Waals surface area contributed by atoms with E-state index in [1.54, 1.807) is 0 Å². The summed E-state index contributed by atoms with van der Waals surface area (Å²) in [5.74, 6) is 1.62. The second-order valence-corrected chi connectivity index (χ2v) is 20.1. The molecule has 2 heterocycles. The third kappa shape index (κ3) is 5.78. The van der Waals surface area contributed by atoms with Crippen molar-refractivity contribution in [3.8, 4) is 0 Å². The predicted molar refractivity (Wildman–Crippen MR) is 199 cm³/mol. The predicted octanol–water partition coefficient (Wildman–Crippen LogP) is 6.10. The molecule has 0 aromatic heterocycles. The first kappa shape index (κ1) is 38.3. The molecule has 5 saturated carbocycles. The summed E-state index contributed by atoms with van der Waals surface area (Å²) in [7, 11) is 0. The number of amides is 1. The smallest absolute Gasteiger partial charge is 0.407 e. The lowest BCUT2D eigenvalue weighted by Crippen LogP contribution is -2.60. The summed E-state index contributed by atoms with van der Waals surface area (Å²) >= 11 is 0. The molecular weight excluding hydrogens is 642 g/mol. The highest BCUT2D eigenvalue weighted by molar-refractivity contribution is 5.67. The molecule has 5 aliphatic carbocycles. The van der Waals surface area contributed by atoms with Crippen LogP contribution in [-0.2, 0) is 14.2 Å². The number of fused-ring (bicyclic) bond motifs is 4. The van der Waals surface area contributed by atoms with Gasteiger partial charge in [0.05, 0.1) is 23.9 Å². The third-order valence-electron chi connectivity index (χ3n) is 17.1. The Balaban J connectivity index is 1.02. The van der Waals surface area contributed by atoms with Gasteiger partial charge in [0.2, 0.25) is 0 Å². The number of aliphatic hydroxyl groups excluding tert-OH is 1. The zero-order chi connectivity index (χ0) is 36.8. The lowest BCUT2D eigenvalue weighted by Gasteiger charge is -2.63. The van der Waals surface area contributed by atoms with Gasteiger partial charge >= 0.3 is 6.09 Å². The van der Waals surface area contributed by atoms with Gasteiger partial charge in [0.1, 0.15) is 12.2 Å². The van der Waals surface area contributed by atoms with Crippen molar-refractivity contribution in [3.63, 3.8) is 0 Å². The molecule has 7 aliphatic rings. The second-order valence-electron chi connectivity index (χ2n) is 20.1. The van der Waals surface area contributed by atoms with Crippen LogP contribution in [0.2, 0.25) is 0 Å². The van der Waals surface area contributed by atoms with Crippen molar-refractivity contribution in [3.05, 3.63) is 0 Å². The van der Waals surface area contributed by atoms with Crippen molar-refractivity contribution in [2.24, 2.45) is 50.7 Å². The molecule has 2 saturated heterocycles. The van der Waals surface area contributed by atoms with Gasteiger partial charge in [-0.2, -0.15) is 0 Å². The Bertz CT molecular complexity index is 1280. The summed E-state index contributed by atoms with van der Waals surface area (Å²) in [5, 5.41) is 26.8. The van der Waals surface area contributed by atoms with Crippen molar-refractivity contribution < 1.29 is 29.2 Å². The van der Waals surface area contributed by atoms with E-state index < -0.39 is 17.8 Å². The molecule has 1 amide bonds. The number of carbonyl (C=O) groups is 1. The first-order chi connectivity index (χ1) is 24.0. The van der Waals surface area contributed by atoms with Gasteiger partial charge in [0.15, 0.2) is 0 Å². The molecule has 0 bridgehead atoms. The lowest BCUT2D eigenvalue weighted by molar-refractivity contribution is -0.215. The molecule has 2 aliphatic heterocycles. The summed E-state index contributed by atoms with van der Waals surface area (Å²) in [5.41, 5.74) is -0.869. The monoisotopic (exact) mass is 716 g/mol. The zero-order valence-electron chi connectivity index (χ0n) is 33.6. The molecule has 2 spiro atoms. The Kier molecular flexibility index (Phi) is 10.0. The fourth-order valence-electron chi connectivity index (χ4n) is 14.7. The van der Waals surface area contributed by atoms with E-state index in [-0.39, 0.29) is 57.4 Å². The molecule has 13 atom stereocenters. The largest absolute Gasteiger partial charge is 0.446 e. The van der Waals surface area contributed by atoms with Crippen LogP contribution in [0.3, 0.4) is 0 Å². The van der Waals surface area contributed by atoms with Crippen LogP contribution in [0.1, 0.15) is 120 Å². The summed E-state index contributed by atoms with van der Waals surface area (Å²) in [6, 6.07) is 0. The lowest BCUT2D eigenvalue weighted by atomic mass is 9.41. The Morgan fingerprint density at radius 1 is 0.961 bits per heavy atom. The Morgan fingerprint density at radius 3 is 2.25 bits per heavy atom. The zero-order valence-corrected chi connectivity index (χ0v) is 33.6. The number of carbonyl (C=O) groups excluding carboxylic acids is 1. The van der Waals surface area contributed by atoms with Gasteiger partial charge < -0.3 is 34.6 Å². The average molecular weight is 716 g/mol. The van der Waals surface area contributed by atoms with Gasteiger partial charge in [0, 0.05) is 56.7 Å². The number of ether oxygens (including phenoxy) is 3. The minimum Gasteiger partial charge on any atom is -0.446 e. The Morgan fingerprint density at radius 2 is 1.61 bits per heavy atom. The van der Waals surface area contributed by atoms with Crippen LogP contribution >= 0.6 is 0 Å². The molecular formula is C42H73N3O6. The Labute approximate surface area is 309 Å². The fourth-order valence-corrected chi connectivity index (χ4v) is 14.7. The number of aliphatic hydroxyl groups is 2. The molecule has 9 nitrogen and oxygen atoms in total. The summed E-state index contributed by atoms with van der Waals surface area (Å²) in [6.45, 7) is 27.5. The molecule has 3 N–H and O–H groups in total. The number of alkyl carbamates (subject to hydrolysis) is 1. The first-order valence-electron chi connectivity index (χ1n) is 21.1. The number of hydrogen-bond donors (Lipinski definition) is 3. The SMILES string of the molecule is CCCN1CCN(CCNC(=O)O[C@H]2CC[C@]34C[C@]35CC[C@]3(C)[C@@H]6[C@H](O[C@@H]([C@H](OCC)C(C)(C)O)C[C@H]6C)[C@H](O)[C@@]3(C)[C@@H]5CC[C@H]4C2(C)C)CC1. The molecule has 51 heavy (non-hydrogen) atoms. The van der Waals surface area contributed by atoms with Gasteiger partial charge in [0.25, 0.3) is 0 Å². The minimum atomic E-state index is -1.03. The standard InChI is InChI=1S/C42H73N3O6/c1-10-19-44-21-23-45(24-22-44)20-18-43-36(47)51-31-14-15-41-26-42(41)17-16-39(8)32-27(3)25-28(35(49-11-2)38(6,7)48)50-33(32)34(46)40(39,9)30(42)13-12-29(41)37(31,4)5/h27-35,46,48H,10-26H2,1-9H3,(H,43,47)/t27-,28-,29+,30+,31+,32+,33+,34+,35+,39-,40-,41-,42+/m1/s1. The summed E-state index contributed by atoms with van der Waals surface area (Å²) < 4.78 is 19.4. The maximum absolute atomic E-state index is 13.2. The molecule has 7 fully saturated rings. The van der Waals surface area contributed by atoms with E-state index in [1.165, 1.54) is 25.8 Å². The van der Waals surface area contributed by atoms with Gasteiger partial charge in [-0.1, -0.05) is 41.5 Å². The van der Waals surface area contributed by atoms with E-state index in [4.69, 9.17) is 14.2 Å². The van der Waals surface area contributed by atoms with Gasteiger partial charge in [-0.15, -0.1) is 0 Å². The van der Waals surface area contributed by atoms with E-state index in [9.17, 15) is 15.0 Å². The Hall–Kier alpha value is -0.970. The summed E-state index contributed by atoms with van der Waals surface area (Å²) in [6.07, 6.45) is 8.14. The molecule has 292 valence electrons. The number of piperazine rings is 1. The van der Waals surface area contributed by atoms with Crippen molar-refractivity contribution in [1.82, 2.24) is 15.1 Å². The van der Waals surface area contributed by atoms with Crippen LogP contribution in [0.15, 0.2) is 0 Å². The highest BCUT2D eigenvalue weighted by Crippen LogP contribution is 2.89. The van der Waals surface area contributed by atoms with Gasteiger partial charge in [-0.05, 0) is 125 Å². The van der Waals surface area contributed by atoms with Crippen molar-refractivity contribution in [2.75, 3.05) is 52.4 Å². The maximum Gasteiger partial charge on any atom is 0.407 e. The summed E-state index contributed by atoms with van der Waals surface area (Å²) in [4.78, 5) is 18.2. The molecule has 9 heteroatoms. The van der Waals surface area contributed by atoms with E-state index in [0.717, 1.165) is 71.2 Å². The number of rotatable bonds is 10. The maximum atomic E-state index is 13.2. The third-order valence-corrected chi connectivity index (χ3v) is 17.1. The van der Waals surface area contributed by atoms with Crippen LogP contribution in [-0.4, -0.2) is 115 Å². The first-order valence-corrected chi connectivity index (χ1v) is 21.1. The quantitative estimate of drug-likeness (QED) is 0.250. The van der Waals surface area contributed by atoms with E-state index in [2.05, 4.69) is 56.7 Å². The van der Waals surface area contributed by atoms with Crippen molar-refractivity contribution in [2.45, 2.75) is 156 Å². The highest BCUT2D eigenvalue weighted by Gasteiger charge is 2.84. The molecule has 0 unspecified atom stereocenters. The number of nitrogens with zero attached hydrogens (tertiary/aromatic N) is 2. The van der Waals surface area contributed by atoms with Crippen LogP contribution in [0.25, 0.3) is 0 Å². The van der Waals surface area contributed by atoms with Crippen LogP contribution in [0, 0.1) is 50.7 Å². The van der Waals surface area contributed by atoms with Crippen LogP contribution < -0.4 is 5.32 Å². The fraction of sp³-hybridized carbons (Fsp3) is 0.976. The van der Waals surface area contributed by atoms with Crippen molar-refractivity contribution in [1.29, 1.82) is 0 Å². The highest BCUT2D eigenvalue weighted by atomic mass is 16.6. The molecule has 0 aromatic rings. The molecule has 0 aromatic carbocycles. The van der Waals surface area contributed by atoms with Gasteiger partial charge in [-0.3, -0.25) is 4.90 Å². The minimum absolute atomic E-state index is 0.0130. The van der Waals surface area contributed by atoms with Crippen LogP contribution in [0.4, 0.5) is 4.79 Å². The molecule has 7 rings (SSSR count). The van der Waals surface area contributed by atoms with Gasteiger partial charge in [-0.25, -0.2) is 4.79 Å². The van der Waals surface area contributed by atoms with Crippen molar-refractivity contribution >= 4 is 6.09 Å². The van der Waals surface area contributed by atoms with E-state index in [0.29, 0.717) is 30.9 Å². The number of hydrogen-bond acceptors (Lipinski definition) is 8. The van der Waals surface area contributed by atoms with Crippen LogP contribution in [0.5, 0.6) is 0 Å². The van der Waals surface area contributed by atoms with E-state index in [1.807, 2.05) is 20.8 Å².